The number of rotatable bonds is 6. The molecule has 2 fully saturated rings. The van der Waals surface area contributed by atoms with Crippen LogP contribution in [-0.4, -0.2) is 46.3 Å². The van der Waals surface area contributed by atoms with Gasteiger partial charge in [-0.2, -0.15) is 5.10 Å². The Morgan fingerprint density at radius 2 is 2.22 bits per heavy atom. The van der Waals surface area contributed by atoms with Crippen molar-refractivity contribution in [3.63, 3.8) is 0 Å². The summed E-state index contributed by atoms with van der Waals surface area (Å²) in [6.07, 6.45) is 7.35. The summed E-state index contributed by atoms with van der Waals surface area (Å²) in [5.41, 5.74) is 1.69. The van der Waals surface area contributed by atoms with Crippen LogP contribution in [0.3, 0.4) is 0 Å². The Bertz CT molecular complexity index is 802. The van der Waals surface area contributed by atoms with Gasteiger partial charge in [0.1, 0.15) is 5.82 Å². The van der Waals surface area contributed by atoms with E-state index in [1.54, 1.807) is 18.3 Å². The monoisotopic (exact) mass is 371 g/mol. The quantitative estimate of drug-likeness (QED) is 0.834. The van der Waals surface area contributed by atoms with Crippen molar-refractivity contribution in [3.05, 3.63) is 41.8 Å². The maximum Gasteiger partial charge on any atom is 0.257 e. The van der Waals surface area contributed by atoms with E-state index in [4.69, 9.17) is 4.74 Å². The number of aromatic nitrogens is 2. The molecule has 1 aliphatic carbocycles. The highest BCUT2D eigenvalue weighted by Crippen LogP contribution is 2.37. The number of morpholine rings is 1. The van der Waals surface area contributed by atoms with Gasteiger partial charge in [0.2, 0.25) is 0 Å². The second-order valence-corrected chi connectivity index (χ2v) is 7.66. The molecule has 144 valence electrons. The number of nitrogens with zero attached hydrogens (tertiary/aromatic N) is 2. The van der Waals surface area contributed by atoms with Crippen LogP contribution in [0.4, 0.5) is 4.39 Å². The van der Waals surface area contributed by atoms with Gasteiger partial charge in [-0.25, -0.2) is 4.39 Å². The number of carbonyl (C=O) groups is 1. The van der Waals surface area contributed by atoms with Gasteiger partial charge < -0.3 is 9.64 Å². The lowest BCUT2D eigenvalue weighted by Gasteiger charge is -2.38. The van der Waals surface area contributed by atoms with Crippen molar-refractivity contribution in [1.82, 2.24) is 15.1 Å². The SMILES string of the molecule is CCCC[C@@H]1CN(C(=O)c2cn[nH]c2-c2cccc(F)c2)C[C@H](C2CC2)O1. The lowest BCUT2D eigenvalue weighted by molar-refractivity contribution is -0.0874. The van der Waals surface area contributed by atoms with Crippen molar-refractivity contribution in [2.75, 3.05) is 13.1 Å². The van der Waals surface area contributed by atoms with E-state index in [0.717, 1.165) is 19.3 Å². The lowest BCUT2D eigenvalue weighted by atomic mass is 10.0. The highest BCUT2D eigenvalue weighted by molar-refractivity contribution is 5.99. The van der Waals surface area contributed by atoms with Crippen LogP contribution >= 0.6 is 0 Å². The zero-order valence-corrected chi connectivity index (χ0v) is 15.7. The predicted octanol–water partition coefficient (Wildman–Crippen LogP) is 4.03. The topological polar surface area (TPSA) is 58.2 Å². The van der Waals surface area contributed by atoms with Gasteiger partial charge in [0.15, 0.2) is 0 Å². The molecule has 5 nitrogen and oxygen atoms in total. The molecule has 1 aromatic heterocycles. The Kier molecular flexibility index (Phi) is 5.25. The molecule has 2 atom stereocenters. The molecule has 2 aromatic rings. The number of hydrogen-bond donors (Lipinski definition) is 1. The fraction of sp³-hybridized carbons (Fsp3) is 0.524. The Hall–Kier alpha value is -2.21. The van der Waals surface area contributed by atoms with Crippen LogP contribution in [0.5, 0.6) is 0 Å². The molecule has 1 aliphatic heterocycles. The Labute approximate surface area is 158 Å². The van der Waals surface area contributed by atoms with E-state index in [2.05, 4.69) is 17.1 Å². The number of amides is 1. The van der Waals surface area contributed by atoms with Crippen LogP contribution in [0.1, 0.15) is 49.4 Å². The molecule has 6 heteroatoms. The summed E-state index contributed by atoms with van der Waals surface area (Å²) < 4.78 is 19.9. The first-order chi connectivity index (χ1) is 13.2. The molecule has 27 heavy (non-hydrogen) atoms. The fourth-order valence-electron chi connectivity index (χ4n) is 3.84. The fourth-order valence-corrected chi connectivity index (χ4v) is 3.84. The molecule has 1 aromatic carbocycles. The Morgan fingerprint density at radius 3 is 2.96 bits per heavy atom. The number of ether oxygens (including phenoxy) is 1. The van der Waals surface area contributed by atoms with Gasteiger partial charge in [0.05, 0.1) is 29.7 Å². The molecule has 0 bridgehead atoms. The summed E-state index contributed by atoms with van der Waals surface area (Å²) in [7, 11) is 0. The van der Waals surface area contributed by atoms with Crippen molar-refractivity contribution >= 4 is 5.91 Å². The van der Waals surface area contributed by atoms with E-state index in [0.29, 0.717) is 35.8 Å². The third-order valence-electron chi connectivity index (χ3n) is 5.49. The molecule has 2 heterocycles. The third-order valence-corrected chi connectivity index (χ3v) is 5.49. The van der Waals surface area contributed by atoms with E-state index in [1.165, 1.54) is 25.0 Å². The molecule has 1 N–H and O–H groups in total. The van der Waals surface area contributed by atoms with E-state index in [1.807, 2.05) is 4.90 Å². The number of H-pyrrole nitrogens is 1. The molecular weight excluding hydrogens is 345 g/mol. The van der Waals surface area contributed by atoms with E-state index in [-0.39, 0.29) is 23.9 Å². The Balaban J connectivity index is 1.55. The first-order valence-corrected chi connectivity index (χ1v) is 9.89. The first kappa shape index (κ1) is 18.2. The van der Waals surface area contributed by atoms with Gasteiger partial charge in [-0.15, -0.1) is 0 Å². The summed E-state index contributed by atoms with van der Waals surface area (Å²) in [5, 5.41) is 6.92. The average molecular weight is 371 g/mol. The summed E-state index contributed by atoms with van der Waals surface area (Å²) in [6, 6.07) is 6.23. The summed E-state index contributed by atoms with van der Waals surface area (Å²) in [5.74, 6) is 0.190. The molecule has 4 rings (SSSR count). The van der Waals surface area contributed by atoms with Gasteiger partial charge >= 0.3 is 0 Å². The minimum Gasteiger partial charge on any atom is -0.371 e. The zero-order chi connectivity index (χ0) is 18.8. The second kappa shape index (κ2) is 7.80. The molecular formula is C21H26FN3O2. The third kappa shape index (κ3) is 4.05. The minimum atomic E-state index is -0.333. The molecule has 2 aliphatic rings. The highest BCUT2D eigenvalue weighted by atomic mass is 19.1. The number of halogens is 1. The standard InChI is InChI=1S/C21H26FN3O2/c1-2-3-7-17-12-25(13-19(27-17)14-8-9-14)21(26)18-11-23-24-20(18)15-5-4-6-16(22)10-15/h4-6,10-11,14,17,19H,2-3,7-9,12-13H2,1H3,(H,23,24)/t17-,19-/m1/s1. The summed E-state index contributed by atoms with van der Waals surface area (Å²) >= 11 is 0. The number of aromatic amines is 1. The normalized spacial score (nSPS) is 22.8. The number of benzene rings is 1. The number of unbranched alkanes of at least 4 members (excludes halogenated alkanes) is 1. The maximum absolute atomic E-state index is 13.6. The van der Waals surface area contributed by atoms with E-state index in [9.17, 15) is 9.18 Å². The number of nitrogens with one attached hydrogen (secondary N) is 1. The number of carbonyl (C=O) groups excluding carboxylic acids is 1. The zero-order valence-electron chi connectivity index (χ0n) is 15.7. The van der Waals surface area contributed by atoms with Gasteiger partial charge in [0.25, 0.3) is 5.91 Å². The second-order valence-electron chi connectivity index (χ2n) is 7.66. The smallest absolute Gasteiger partial charge is 0.257 e. The molecule has 1 saturated heterocycles. The Morgan fingerprint density at radius 1 is 1.37 bits per heavy atom. The van der Waals surface area contributed by atoms with Crippen LogP contribution < -0.4 is 0 Å². The van der Waals surface area contributed by atoms with Crippen LogP contribution in [0.2, 0.25) is 0 Å². The largest absolute Gasteiger partial charge is 0.371 e. The molecule has 1 saturated carbocycles. The summed E-state index contributed by atoms with van der Waals surface area (Å²) in [4.78, 5) is 15.2. The van der Waals surface area contributed by atoms with Crippen LogP contribution in [0, 0.1) is 11.7 Å². The minimum absolute atomic E-state index is 0.0570. The van der Waals surface area contributed by atoms with E-state index >= 15 is 0 Å². The molecule has 1 amide bonds. The predicted molar refractivity (Wildman–Crippen MR) is 101 cm³/mol. The average Bonchev–Trinajstić information content (AvgIpc) is 3.42. The van der Waals surface area contributed by atoms with Crippen LogP contribution in [0.15, 0.2) is 30.5 Å². The van der Waals surface area contributed by atoms with Gasteiger partial charge in [-0.1, -0.05) is 31.9 Å². The van der Waals surface area contributed by atoms with Crippen molar-refractivity contribution in [2.24, 2.45) is 5.92 Å². The molecule has 0 radical (unpaired) electrons. The highest BCUT2D eigenvalue weighted by Gasteiger charge is 2.40. The van der Waals surface area contributed by atoms with Crippen molar-refractivity contribution in [3.8, 4) is 11.3 Å². The van der Waals surface area contributed by atoms with Gasteiger partial charge in [0, 0.05) is 18.7 Å². The van der Waals surface area contributed by atoms with E-state index < -0.39 is 0 Å². The van der Waals surface area contributed by atoms with Crippen LogP contribution in [0.25, 0.3) is 11.3 Å². The maximum atomic E-state index is 13.6. The van der Waals surface area contributed by atoms with Crippen molar-refractivity contribution in [2.45, 2.75) is 51.2 Å². The molecule has 0 unspecified atom stereocenters. The summed E-state index contributed by atoms with van der Waals surface area (Å²) in [6.45, 7) is 3.40. The van der Waals surface area contributed by atoms with Gasteiger partial charge in [-0.05, 0) is 37.3 Å². The van der Waals surface area contributed by atoms with Crippen molar-refractivity contribution in [1.29, 1.82) is 0 Å². The lowest BCUT2D eigenvalue weighted by Crippen LogP contribution is -2.50. The van der Waals surface area contributed by atoms with Gasteiger partial charge in [-0.3, -0.25) is 9.89 Å². The first-order valence-electron chi connectivity index (χ1n) is 9.89. The van der Waals surface area contributed by atoms with Crippen molar-refractivity contribution < 1.29 is 13.9 Å². The number of hydrogen-bond acceptors (Lipinski definition) is 3. The molecule has 0 spiro atoms. The van der Waals surface area contributed by atoms with Crippen LogP contribution in [-0.2, 0) is 4.74 Å².